The number of thioether (sulfide) groups is 1. The van der Waals surface area contributed by atoms with E-state index in [2.05, 4.69) is 59.7 Å². The first-order valence-corrected chi connectivity index (χ1v) is 7.66. The topological polar surface area (TPSA) is 24.4 Å². The van der Waals surface area contributed by atoms with Gasteiger partial charge in [-0.05, 0) is 22.8 Å². The molecule has 1 atom stereocenters. The molecule has 0 saturated carbocycles. The van der Waals surface area contributed by atoms with Gasteiger partial charge in [-0.25, -0.2) is 0 Å². The van der Waals surface area contributed by atoms with Crippen molar-refractivity contribution in [1.82, 2.24) is 5.32 Å². The number of hydrogen-bond donors (Lipinski definition) is 1. The Bertz CT molecular complexity index is 601. The number of benzene rings is 2. The van der Waals surface area contributed by atoms with Gasteiger partial charge in [0.1, 0.15) is 0 Å². The second kappa shape index (κ2) is 5.66. The van der Waals surface area contributed by atoms with Gasteiger partial charge in [-0.1, -0.05) is 61.2 Å². The maximum absolute atomic E-state index is 4.55. The molecule has 3 heteroatoms. The Hall–Kier alpha value is -1.48. The summed E-state index contributed by atoms with van der Waals surface area (Å²) in [6, 6.07) is 15.0. The summed E-state index contributed by atoms with van der Waals surface area (Å²) in [6.45, 7) is 4.03. The SMILES string of the molecule is CCC1CN=C(NCc2cccc3ccccc23)S1. The lowest BCUT2D eigenvalue weighted by atomic mass is 10.0. The fourth-order valence-corrected chi connectivity index (χ4v) is 3.28. The van der Waals surface area contributed by atoms with E-state index in [4.69, 9.17) is 0 Å². The summed E-state index contributed by atoms with van der Waals surface area (Å²) in [4.78, 5) is 4.55. The van der Waals surface area contributed by atoms with Crippen molar-refractivity contribution in [2.75, 3.05) is 6.54 Å². The maximum atomic E-state index is 4.55. The number of hydrogen-bond acceptors (Lipinski definition) is 3. The second-order valence-corrected chi connectivity index (χ2v) is 6.07. The van der Waals surface area contributed by atoms with Crippen molar-refractivity contribution in [2.45, 2.75) is 25.1 Å². The quantitative estimate of drug-likeness (QED) is 0.917. The number of nitrogens with one attached hydrogen (secondary N) is 1. The zero-order chi connectivity index (χ0) is 13.1. The van der Waals surface area contributed by atoms with Crippen molar-refractivity contribution < 1.29 is 0 Å². The van der Waals surface area contributed by atoms with E-state index >= 15 is 0 Å². The van der Waals surface area contributed by atoms with E-state index in [1.165, 1.54) is 22.8 Å². The highest BCUT2D eigenvalue weighted by Crippen LogP contribution is 2.23. The Morgan fingerprint density at radius 3 is 2.89 bits per heavy atom. The summed E-state index contributed by atoms with van der Waals surface area (Å²) < 4.78 is 0. The number of nitrogens with zero attached hydrogens (tertiary/aromatic N) is 1. The Morgan fingerprint density at radius 1 is 1.21 bits per heavy atom. The van der Waals surface area contributed by atoms with Crippen molar-refractivity contribution in [3.8, 4) is 0 Å². The molecule has 2 aromatic carbocycles. The number of aliphatic imine (C=N–C) groups is 1. The smallest absolute Gasteiger partial charge is 0.157 e. The van der Waals surface area contributed by atoms with Gasteiger partial charge in [0.05, 0.1) is 6.54 Å². The summed E-state index contributed by atoms with van der Waals surface area (Å²) in [7, 11) is 0. The molecule has 0 amide bonds. The molecule has 1 N–H and O–H groups in total. The highest BCUT2D eigenvalue weighted by Gasteiger charge is 2.17. The lowest BCUT2D eigenvalue weighted by Gasteiger charge is -2.09. The summed E-state index contributed by atoms with van der Waals surface area (Å²) in [6.07, 6.45) is 1.19. The van der Waals surface area contributed by atoms with Gasteiger partial charge in [-0.15, -0.1) is 0 Å². The lowest BCUT2D eigenvalue weighted by molar-refractivity contribution is 0.839. The van der Waals surface area contributed by atoms with Gasteiger partial charge in [0.15, 0.2) is 5.17 Å². The number of amidine groups is 1. The fourth-order valence-electron chi connectivity index (χ4n) is 2.34. The average molecular weight is 270 g/mol. The van der Waals surface area contributed by atoms with Crippen LogP contribution in [-0.4, -0.2) is 17.0 Å². The van der Waals surface area contributed by atoms with Crippen molar-refractivity contribution >= 4 is 27.7 Å². The third-order valence-electron chi connectivity index (χ3n) is 3.48. The third kappa shape index (κ3) is 2.76. The standard InChI is InChI=1S/C16H18N2S/c1-2-14-11-18-16(19-14)17-10-13-8-5-7-12-6-3-4-9-15(12)13/h3-9,14H,2,10-11H2,1H3,(H,17,18). The van der Waals surface area contributed by atoms with E-state index in [0.717, 1.165) is 18.3 Å². The molecule has 0 fully saturated rings. The normalized spacial score (nSPS) is 18.6. The monoisotopic (exact) mass is 270 g/mol. The van der Waals surface area contributed by atoms with E-state index in [0.29, 0.717) is 5.25 Å². The van der Waals surface area contributed by atoms with Gasteiger partial charge in [-0.3, -0.25) is 4.99 Å². The molecule has 0 aromatic heterocycles. The molecule has 0 aliphatic carbocycles. The third-order valence-corrected chi connectivity index (χ3v) is 4.79. The molecule has 1 unspecified atom stereocenters. The minimum atomic E-state index is 0.662. The second-order valence-electron chi connectivity index (χ2n) is 4.79. The first-order valence-electron chi connectivity index (χ1n) is 6.78. The van der Waals surface area contributed by atoms with E-state index in [9.17, 15) is 0 Å². The van der Waals surface area contributed by atoms with Gasteiger partial charge < -0.3 is 5.32 Å². The molecule has 2 aromatic rings. The van der Waals surface area contributed by atoms with Crippen LogP contribution in [0.5, 0.6) is 0 Å². The molecule has 1 aliphatic rings. The van der Waals surface area contributed by atoms with Crippen LogP contribution in [0.1, 0.15) is 18.9 Å². The molecule has 2 nitrogen and oxygen atoms in total. The zero-order valence-electron chi connectivity index (χ0n) is 11.1. The summed E-state index contributed by atoms with van der Waals surface area (Å²) >= 11 is 1.87. The predicted octanol–water partition coefficient (Wildman–Crippen LogP) is 3.81. The highest BCUT2D eigenvalue weighted by molar-refractivity contribution is 8.14. The van der Waals surface area contributed by atoms with Gasteiger partial charge in [0, 0.05) is 11.8 Å². The average Bonchev–Trinajstić information content (AvgIpc) is 2.93. The zero-order valence-corrected chi connectivity index (χ0v) is 11.9. The lowest BCUT2D eigenvalue weighted by Crippen LogP contribution is -2.19. The minimum absolute atomic E-state index is 0.662. The molecule has 0 radical (unpaired) electrons. The molecule has 0 bridgehead atoms. The van der Waals surface area contributed by atoms with Crippen LogP contribution >= 0.6 is 11.8 Å². The van der Waals surface area contributed by atoms with E-state index in [1.807, 2.05) is 11.8 Å². The molecule has 1 aliphatic heterocycles. The largest absolute Gasteiger partial charge is 0.361 e. The summed E-state index contributed by atoms with van der Waals surface area (Å²) in [5, 5.41) is 7.85. The van der Waals surface area contributed by atoms with Crippen LogP contribution in [0.25, 0.3) is 10.8 Å². The first kappa shape index (κ1) is 12.5. The Balaban J connectivity index is 1.72. The Morgan fingerprint density at radius 2 is 2.05 bits per heavy atom. The first-order chi connectivity index (χ1) is 9.36. The van der Waals surface area contributed by atoms with Crippen molar-refractivity contribution in [2.24, 2.45) is 4.99 Å². The molecule has 0 saturated heterocycles. The van der Waals surface area contributed by atoms with Crippen LogP contribution in [0.4, 0.5) is 0 Å². The van der Waals surface area contributed by atoms with Crippen LogP contribution in [-0.2, 0) is 6.54 Å². The van der Waals surface area contributed by atoms with Gasteiger partial charge >= 0.3 is 0 Å². The van der Waals surface area contributed by atoms with Gasteiger partial charge in [0.2, 0.25) is 0 Å². The van der Waals surface area contributed by atoms with Crippen molar-refractivity contribution in [1.29, 1.82) is 0 Å². The highest BCUT2D eigenvalue weighted by atomic mass is 32.2. The summed E-state index contributed by atoms with van der Waals surface area (Å²) in [5.41, 5.74) is 1.33. The van der Waals surface area contributed by atoms with E-state index in [1.54, 1.807) is 0 Å². The number of rotatable bonds is 3. The number of fused-ring (bicyclic) bond motifs is 1. The maximum Gasteiger partial charge on any atom is 0.157 e. The predicted molar refractivity (Wildman–Crippen MR) is 84.8 cm³/mol. The molecule has 98 valence electrons. The van der Waals surface area contributed by atoms with Gasteiger partial charge in [-0.2, -0.15) is 0 Å². The molecule has 19 heavy (non-hydrogen) atoms. The van der Waals surface area contributed by atoms with Crippen LogP contribution in [0.15, 0.2) is 47.5 Å². The van der Waals surface area contributed by atoms with Crippen molar-refractivity contribution in [3.05, 3.63) is 48.0 Å². The molecule has 0 spiro atoms. The Labute approximate surface area is 118 Å². The molecular weight excluding hydrogens is 252 g/mol. The van der Waals surface area contributed by atoms with Crippen molar-refractivity contribution in [3.63, 3.8) is 0 Å². The fraction of sp³-hybridized carbons (Fsp3) is 0.312. The molecule has 1 heterocycles. The Kier molecular flexibility index (Phi) is 3.74. The molecule has 3 rings (SSSR count). The van der Waals surface area contributed by atoms with E-state index in [-0.39, 0.29) is 0 Å². The molecular formula is C16H18N2S. The van der Waals surface area contributed by atoms with E-state index < -0.39 is 0 Å². The van der Waals surface area contributed by atoms with Gasteiger partial charge in [0.25, 0.3) is 0 Å². The summed E-state index contributed by atoms with van der Waals surface area (Å²) in [5.74, 6) is 0. The minimum Gasteiger partial charge on any atom is -0.361 e. The van der Waals surface area contributed by atoms with Crippen LogP contribution in [0, 0.1) is 0 Å². The van der Waals surface area contributed by atoms with Crippen LogP contribution in [0.2, 0.25) is 0 Å². The van der Waals surface area contributed by atoms with Crippen LogP contribution < -0.4 is 5.32 Å². The van der Waals surface area contributed by atoms with Crippen LogP contribution in [0.3, 0.4) is 0 Å².